The first-order chi connectivity index (χ1) is 37.1. The Balaban J connectivity index is 4.10. The lowest BCUT2D eigenvalue weighted by Gasteiger charge is -2.26. The second-order valence-electron chi connectivity index (χ2n) is 23.8. The maximum Gasteiger partial charge on any atom is 0.306 e. The van der Waals surface area contributed by atoms with Gasteiger partial charge in [-0.15, -0.1) is 0 Å². The van der Waals surface area contributed by atoms with Crippen molar-refractivity contribution in [2.45, 2.75) is 341 Å². The van der Waals surface area contributed by atoms with E-state index in [2.05, 4.69) is 38.2 Å². The quantitative estimate of drug-likeness (QED) is 0.0195. The number of esters is 2. The Kier molecular flexibility index (Phi) is 57.2. The molecule has 0 aromatic rings. The largest absolute Gasteiger partial charge is 0.545 e. The average Bonchev–Trinajstić information content (AvgIpc) is 3.39. The second kappa shape index (κ2) is 58.9. The molecule has 9 nitrogen and oxygen atoms in total. The highest BCUT2D eigenvalue weighted by molar-refractivity contribution is 5.70. The molecule has 0 heterocycles. The van der Waals surface area contributed by atoms with Crippen LogP contribution in [0.3, 0.4) is 0 Å². The number of rotatable bonds is 62. The maximum atomic E-state index is 12.9. The van der Waals surface area contributed by atoms with E-state index in [4.69, 9.17) is 18.9 Å². The second-order valence-corrected chi connectivity index (χ2v) is 23.8. The van der Waals surface area contributed by atoms with Crippen LogP contribution in [0.5, 0.6) is 0 Å². The summed E-state index contributed by atoms with van der Waals surface area (Å²) in [5.41, 5.74) is 0. The van der Waals surface area contributed by atoms with Crippen LogP contribution < -0.4 is 5.11 Å². The maximum absolute atomic E-state index is 12.9. The number of hydrogen-bond donors (Lipinski definition) is 0. The predicted octanol–water partition coefficient (Wildman–Crippen LogP) is 18.5. The van der Waals surface area contributed by atoms with Gasteiger partial charge in [0.2, 0.25) is 0 Å². The van der Waals surface area contributed by atoms with E-state index in [1.54, 1.807) is 0 Å². The van der Waals surface area contributed by atoms with Gasteiger partial charge in [0, 0.05) is 12.8 Å². The zero-order chi connectivity index (χ0) is 55.5. The third-order valence-electron chi connectivity index (χ3n) is 15.0. The van der Waals surface area contributed by atoms with Gasteiger partial charge in [0.15, 0.2) is 12.4 Å². The van der Waals surface area contributed by atoms with Crippen LogP contribution in [0.25, 0.3) is 0 Å². The number of carboxylic acids is 1. The van der Waals surface area contributed by atoms with Crippen molar-refractivity contribution in [3.63, 3.8) is 0 Å². The minimum Gasteiger partial charge on any atom is -0.545 e. The first kappa shape index (κ1) is 73.8. The molecule has 0 rings (SSSR count). The van der Waals surface area contributed by atoms with Gasteiger partial charge in [-0.2, -0.15) is 0 Å². The first-order valence-electron chi connectivity index (χ1n) is 33.0. The van der Waals surface area contributed by atoms with Gasteiger partial charge in [-0.05, 0) is 44.9 Å². The number of aliphatic carboxylic acids is 1. The van der Waals surface area contributed by atoms with E-state index in [-0.39, 0.29) is 32.2 Å². The third kappa shape index (κ3) is 59.4. The topological polar surface area (TPSA) is 111 Å². The molecule has 2 unspecified atom stereocenters. The normalized spacial score (nSPS) is 12.8. The third-order valence-corrected chi connectivity index (χ3v) is 15.0. The van der Waals surface area contributed by atoms with Crippen molar-refractivity contribution < 1.29 is 42.9 Å². The Bertz CT molecular complexity index is 1300. The van der Waals surface area contributed by atoms with Crippen molar-refractivity contribution in [3.8, 4) is 0 Å². The Morgan fingerprint density at radius 3 is 1.04 bits per heavy atom. The minimum atomic E-state index is -1.62. The fourth-order valence-electron chi connectivity index (χ4n) is 9.87. The van der Waals surface area contributed by atoms with Crippen LogP contribution in [0, 0.1) is 0 Å². The van der Waals surface area contributed by atoms with Crippen LogP contribution in [0.4, 0.5) is 0 Å². The average molecular weight is 1070 g/mol. The Morgan fingerprint density at radius 2 is 0.711 bits per heavy atom. The van der Waals surface area contributed by atoms with E-state index in [9.17, 15) is 19.5 Å². The summed E-state index contributed by atoms with van der Waals surface area (Å²) in [6, 6.07) is 0. The molecule has 0 N–H and O–H groups in total. The molecule has 0 saturated heterocycles. The molecule has 0 bridgehead atoms. The van der Waals surface area contributed by atoms with Gasteiger partial charge in [-0.25, -0.2) is 0 Å². The standard InChI is InChI=1S/C67H127NO8/c1-6-8-10-12-14-16-18-20-22-24-26-28-30-31-32-33-34-35-36-38-40-42-44-46-48-50-52-54-56-58-65(70)76-63(62-75-67(66(71)72)73-60-59-68(3,4)5)61-74-64(69)57-55-53-51-49-47-45-43-41-39-37-29-27-25-23-21-19-17-15-13-11-9-7-2/h18,20,24,26,63,67H,6-17,19,21-23,25,27-62H2,1-5H3/b20-18-,26-24-. The molecule has 2 atom stereocenters. The molecule has 0 aromatic heterocycles. The molecule has 0 amide bonds. The number of ether oxygens (including phenoxy) is 4. The van der Waals surface area contributed by atoms with Crippen molar-refractivity contribution in [1.29, 1.82) is 0 Å². The van der Waals surface area contributed by atoms with Crippen LogP contribution in [-0.4, -0.2) is 82.3 Å². The van der Waals surface area contributed by atoms with Gasteiger partial charge in [0.25, 0.3) is 0 Å². The molecular weight excluding hydrogens is 947 g/mol. The zero-order valence-corrected chi connectivity index (χ0v) is 51.2. The minimum absolute atomic E-state index is 0.151. The molecular formula is C67H127NO8. The number of allylic oxidation sites excluding steroid dienone is 4. The summed E-state index contributed by atoms with van der Waals surface area (Å²) in [5, 5.41) is 11.8. The molecule has 0 aromatic carbocycles. The molecule has 0 saturated carbocycles. The Morgan fingerprint density at radius 1 is 0.395 bits per heavy atom. The van der Waals surface area contributed by atoms with E-state index in [1.165, 1.54) is 257 Å². The molecule has 0 spiro atoms. The van der Waals surface area contributed by atoms with Gasteiger partial charge >= 0.3 is 11.9 Å². The van der Waals surface area contributed by atoms with Crippen LogP contribution >= 0.6 is 0 Å². The summed E-state index contributed by atoms with van der Waals surface area (Å²) in [6.07, 6.45) is 68.2. The van der Waals surface area contributed by atoms with Crippen molar-refractivity contribution >= 4 is 17.9 Å². The van der Waals surface area contributed by atoms with Crippen molar-refractivity contribution in [2.75, 3.05) is 47.5 Å². The molecule has 0 aliphatic heterocycles. The van der Waals surface area contributed by atoms with Crippen molar-refractivity contribution in [2.24, 2.45) is 0 Å². The fraction of sp³-hybridized carbons (Fsp3) is 0.896. The fourth-order valence-corrected chi connectivity index (χ4v) is 9.87. The smallest absolute Gasteiger partial charge is 0.306 e. The number of unbranched alkanes of at least 4 members (excludes halogenated alkanes) is 43. The van der Waals surface area contributed by atoms with E-state index in [0.29, 0.717) is 17.4 Å². The number of likely N-dealkylation sites (N-methyl/N-ethyl adjacent to an activating group) is 1. The monoisotopic (exact) mass is 1070 g/mol. The predicted molar refractivity (Wildman–Crippen MR) is 320 cm³/mol. The SMILES string of the molecule is CCCCCCC/C=C\C/C=C\CCCCCCCCCCCCCCCCCCCC(=O)OC(COC(=O)CCCCCCCCCCCCCCCCCCCCCCCC)COC(OCC[N+](C)(C)C)C(=O)[O-]. The molecule has 9 heteroatoms. The summed E-state index contributed by atoms with van der Waals surface area (Å²) in [6.45, 7) is 4.81. The van der Waals surface area contributed by atoms with Gasteiger partial charge in [0.05, 0.1) is 40.3 Å². The molecule has 0 radical (unpaired) electrons. The summed E-state index contributed by atoms with van der Waals surface area (Å²) in [5.74, 6) is -2.25. The van der Waals surface area contributed by atoms with Crippen molar-refractivity contribution in [3.05, 3.63) is 24.3 Å². The first-order valence-corrected chi connectivity index (χ1v) is 33.0. The lowest BCUT2D eigenvalue weighted by atomic mass is 10.0. The molecule has 448 valence electrons. The molecule has 0 aliphatic carbocycles. The number of nitrogens with zero attached hydrogens (tertiary/aromatic N) is 1. The van der Waals surface area contributed by atoms with Crippen LogP contribution in [0.1, 0.15) is 328 Å². The number of carbonyl (C=O) groups is 3. The summed E-state index contributed by atoms with van der Waals surface area (Å²) in [7, 11) is 5.94. The molecule has 0 aliphatic rings. The molecule has 0 fully saturated rings. The highest BCUT2D eigenvalue weighted by Crippen LogP contribution is 2.18. The van der Waals surface area contributed by atoms with E-state index in [0.717, 1.165) is 44.9 Å². The number of quaternary nitrogens is 1. The number of carboxylic acid groups (broad SMARTS) is 1. The lowest BCUT2D eigenvalue weighted by molar-refractivity contribution is -0.870. The number of carbonyl (C=O) groups excluding carboxylic acids is 3. The van der Waals surface area contributed by atoms with Crippen LogP contribution in [-0.2, 0) is 33.3 Å². The Labute approximate surface area is 471 Å². The zero-order valence-electron chi connectivity index (χ0n) is 51.2. The highest BCUT2D eigenvalue weighted by Gasteiger charge is 2.22. The van der Waals surface area contributed by atoms with Gasteiger partial charge in [-0.3, -0.25) is 9.59 Å². The van der Waals surface area contributed by atoms with Crippen LogP contribution in [0.2, 0.25) is 0 Å². The summed E-state index contributed by atoms with van der Waals surface area (Å²) >= 11 is 0. The van der Waals surface area contributed by atoms with Gasteiger partial charge in [-0.1, -0.05) is 295 Å². The summed E-state index contributed by atoms with van der Waals surface area (Å²) < 4.78 is 22.8. The highest BCUT2D eigenvalue weighted by atomic mass is 16.7. The summed E-state index contributed by atoms with van der Waals surface area (Å²) in [4.78, 5) is 37.4. The lowest BCUT2D eigenvalue weighted by Crippen LogP contribution is -2.44. The number of hydrogen-bond acceptors (Lipinski definition) is 8. The van der Waals surface area contributed by atoms with E-state index >= 15 is 0 Å². The molecule has 76 heavy (non-hydrogen) atoms. The Hall–Kier alpha value is -2.23. The van der Waals surface area contributed by atoms with E-state index in [1.807, 2.05) is 21.1 Å². The van der Waals surface area contributed by atoms with Crippen LogP contribution in [0.15, 0.2) is 24.3 Å². The van der Waals surface area contributed by atoms with Gasteiger partial charge < -0.3 is 33.3 Å². The van der Waals surface area contributed by atoms with Gasteiger partial charge in [0.1, 0.15) is 13.2 Å². The van der Waals surface area contributed by atoms with E-state index < -0.39 is 24.3 Å². The van der Waals surface area contributed by atoms with Crippen molar-refractivity contribution in [1.82, 2.24) is 0 Å².